The number of benzene rings is 1. The van der Waals surface area contributed by atoms with Gasteiger partial charge in [-0.2, -0.15) is 0 Å². The zero-order valence-electron chi connectivity index (χ0n) is 12.8. The number of nitrogens with one attached hydrogen (secondary N) is 1. The summed E-state index contributed by atoms with van der Waals surface area (Å²) in [5.74, 6) is 1.13. The highest BCUT2D eigenvalue weighted by Gasteiger charge is 2.25. The van der Waals surface area contributed by atoms with Crippen LogP contribution in [-0.4, -0.2) is 10.9 Å². The summed E-state index contributed by atoms with van der Waals surface area (Å²) in [5.41, 5.74) is 10.6. The molecule has 1 aliphatic rings. The van der Waals surface area contributed by atoms with Gasteiger partial charge in [-0.15, -0.1) is 35.3 Å². The molecule has 0 bridgehead atoms. The lowest BCUT2D eigenvalue weighted by molar-refractivity contribution is 0.970. The smallest absolute Gasteiger partial charge is 0.193 e. The molecule has 3 rings (SSSR count). The lowest BCUT2D eigenvalue weighted by Gasteiger charge is -2.07. The average Bonchev–Trinajstić information content (AvgIpc) is 3.20. The third-order valence-corrected chi connectivity index (χ3v) is 4.58. The van der Waals surface area contributed by atoms with Gasteiger partial charge in [0.05, 0.1) is 12.2 Å². The zero-order valence-corrected chi connectivity index (χ0v) is 15.9. The van der Waals surface area contributed by atoms with Crippen molar-refractivity contribution in [1.82, 2.24) is 4.98 Å². The molecule has 1 aliphatic carbocycles. The van der Waals surface area contributed by atoms with Crippen LogP contribution >= 0.6 is 35.3 Å². The van der Waals surface area contributed by atoms with Crippen molar-refractivity contribution in [3.63, 3.8) is 0 Å². The van der Waals surface area contributed by atoms with Gasteiger partial charge >= 0.3 is 0 Å². The molecular formula is C16H21IN4S. The molecule has 1 aromatic heterocycles. The molecule has 6 heteroatoms. The Morgan fingerprint density at radius 1 is 1.36 bits per heavy atom. The van der Waals surface area contributed by atoms with Crippen LogP contribution in [0.25, 0.3) is 0 Å². The number of aromatic nitrogens is 1. The number of halogens is 1. The minimum Gasteiger partial charge on any atom is -0.370 e. The molecule has 1 aromatic carbocycles. The molecule has 1 fully saturated rings. The number of anilines is 1. The van der Waals surface area contributed by atoms with Crippen molar-refractivity contribution in [2.24, 2.45) is 10.7 Å². The predicted molar refractivity (Wildman–Crippen MR) is 104 cm³/mol. The van der Waals surface area contributed by atoms with E-state index >= 15 is 0 Å². The molecule has 0 radical (unpaired) electrons. The zero-order chi connectivity index (χ0) is 14.8. The first-order chi connectivity index (χ1) is 10.1. The van der Waals surface area contributed by atoms with E-state index in [0.29, 0.717) is 18.4 Å². The molecular weight excluding hydrogens is 407 g/mol. The normalized spacial score (nSPS) is 14.5. The van der Waals surface area contributed by atoms with E-state index in [1.54, 1.807) is 11.3 Å². The van der Waals surface area contributed by atoms with Crippen molar-refractivity contribution < 1.29 is 0 Å². The van der Waals surface area contributed by atoms with E-state index in [9.17, 15) is 0 Å². The van der Waals surface area contributed by atoms with Crippen LogP contribution in [0.1, 0.15) is 40.6 Å². The van der Waals surface area contributed by atoms with E-state index in [0.717, 1.165) is 10.7 Å². The van der Waals surface area contributed by atoms with Gasteiger partial charge in [-0.25, -0.2) is 9.98 Å². The van der Waals surface area contributed by atoms with E-state index in [1.807, 2.05) is 6.07 Å². The summed E-state index contributed by atoms with van der Waals surface area (Å²) in [6.45, 7) is 4.72. The molecule has 0 spiro atoms. The van der Waals surface area contributed by atoms with Gasteiger partial charge in [0.25, 0.3) is 0 Å². The van der Waals surface area contributed by atoms with Crippen molar-refractivity contribution in [2.45, 2.75) is 39.2 Å². The van der Waals surface area contributed by atoms with Gasteiger partial charge in [0.1, 0.15) is 5.01 Å². The minimum atomic E-state index is 0. The van der Waals surface area contributed by atoms with E-state index in [1.165, 1.54) is 29.7 Å². The second-order valence-electron chi connectivity index (χ2n) is 5.57. The van der Waals surface area contributed by atoms with Crippen LogP contribution in [-0.2, 0) is 6.54 Å². The molecule has 0 amide bonds. The molecule has 0 saturated heterocycles. The number of aliphatic imine (C=N–C) groups is 1. The van der Waals surface area contributed by atoms with Crippen LogP contribution in [0.2, 0.25) is 0 Å². The molecule has 2 aromatic rings. The van der Waals surface area contributed by atoms with Gasteiger partial charge in [-0.3, -0.25) is 0 Å². The fourth-order valence-electron chi connectivity index (χ4n) is 2.12. The lowest BCUT2D eigenvalue weighted by Crippen LogP contribution is -2.22. The number of thiazole rings is 1. The summed E-state index contributed by atoms with van der Waals surface area (Å²) >= 11 is 1.67. The number of guanidine groups is 1. The maximum atomic E-state index is 5.94. The molecule has 0 aliphatic heterocycles. The van der Waals surface area contributed by atoms with E-state index in [-0.39, 0.29) is 24.0 Å². The Morgan fingerprint density at radius 2 is 2.14 bits per heavy atom. The maximum Gasteiger partial charge on any atom is 0.193 e. The van der Waals surface area contributed by atoms with Gasteiger partial charge in [0.15, 0.2) is 5.96 Å². The first-order valence-electron chi connectivity index (χ1n) is 7.20. The van der Waals surface area contributed by atoms with Crippen molar-refractivity contribution in [3.8, 4) is 0 Å². The monoisotopic (exact) mass is 428 g/mol. The van der Waals surface area contributed by atoms with Gasteiger partial charge in [-0.1, -0.05) is 6.07 Å². The van der Waals surface area contributed by atoms with Crippen LogP contribution in [0.15, 0.2) is 28.6 Å². The maximum absolute atomic E-state index is 5.94. The first-order valence-corrected chi connectivity index (χ1v) is 8.08. The lowest BCUT2D eigenvalue weighted by atomic mass is 10.1. The molecule has 4 nitrogen and oxygen atoms in total. The fourth-order valence-corrected chi connectivity index (χ4v) is 2.92. The molecule has 0 unspecified atom stereocenters. The SMILES string of the molecule is Cc1ccc(NC(N)=NCc2nc(C3CC3)cs2)cc1C.I. The third kappa shape index (κ3) is 4.42. The summed E-state index contributed by atoms with van der Waals surface area (Å²) in [6.07, 6.45) is 2.56. The molecule has 0 atom stereocenters. The Bertz CT molecular complexity index is 677. The second-order valence-corrected chi connectivity index (χ2v) is 6.51. The largest absolute Gasteiger partial charge is 0.370 e. The second kappa shape index (κ2) is 7.41. The van der Waals surface area contributed by atoms with Crippen LogP contribution in [0.5, 0.6) is 0 Å². The number of nitrogens with zero attached hydrogens (tertiary/aromatic N) is 2. The van der Waals surface area contributed by atoms with E-state index in [4.69, 9.17) is 5.73 Å². The highest BCUT2D eigenvalue weighted by Crippen LogP contribution is 2.40. The molecule has 118 valence electrons. The topological polar surface area (TPSA) is 63.3 Å². The van der Waals surface area contributed by atoms with Crippen molar-refractivity contribution >= 4 is 47.0 Å². The Morgan fingerprint density at radius 3 is 2.82 bits per heavy atom. The van der Waals surface area contributed by atoms with Gasteiger partial charge in [-0.05, 0) is 49.9 Å². The number of nitrogens with two attached hydrogens (primary N) is 1. The predicted octanol–water partition coefficient (Wildman–Crippen LogP) is 4.18. The number of hydrogen-bond donors (Lipinski definition) is 2. The summed E-state index contributed by atoms with van der Waals surface area (Å²) in [4.78, 5) is 8.97. The summed E-state index contributed by atoms with van der Waals surface area (Å²) < 4.78 is 0. The van der Waals surface area contributed by atoms with Crippen molar-refractivity contribution in [1.29, 1.82) is 0 Å². The minimum absolute atomic E-state index is 0. The van der Waals surface area contributed by atoms with Crippen LogP contribution in [0, 0.1) is 13.8 Å². The molecule has 3 N–H and O–H groups in total. The number of aryl methyl sites for hydroxylation is 2. The van der Waals surface area contributed by atoms with Crippen molar-refractivity contribution in [2.75, 3.05) is 5.32 Å². The fraction of sp³-hybridized carbons (Fsp3) is 0.375. The summed E-state index contributed by atoms with van der Waals surface area (Å²) in [5, 5.41) is 6.30. The Balaban J connectivity index is 0.00000176. The Kier molecular flexibility index (Phi) is 5.80. The first kappa shape index (κ1) is 17.2. The molecule has 1 heterocycles. The number of rotatable bonds is 4. The highest BCUT2D eigenvalue weighted by atomic mass is 127. The Labute approximate surface area is 152 Å². The molecule has 22 heavy (non-hydrogen) atoms. The van der Waals surface area contributed by atoms with Gasteiger partial charge < -0.3 is 11.1 Å². The van der Waals surface area contributed by atoms with Crippen LogP contribution in [0.3, 0.4) is 0 Å². The quantitative estimate of drug-likeness (QED) is 0.436. The summed E-state index contributed by atoms with van der Waals surface area (Å²) in [7, 11) is 0. The van der Waals surface area contributed by atoms with Gasteiger partial charge in [0, 0.05) is 17.0 Å². The van der Waals surface area contributed by atoms with E-state index < -0.39 is 0 Å². The number of hydrogen-bond acceptors (Lipinski definition) is 3. The summed E-state index contributed by atoms with van der Waals surface area (Å²) in [6, 6.07) is 6.17. The van der Waals surface area contributed by atoms with Crippen molar-refractivity contribution in [3.05, 3.63) is 45.4 Å². The Hall–Kier alpha value is -1.15. The average molecular weight is 428 g/mol. The standard InChI is InChI=1S/C16H20N4S.HI/c1-10-3-6-13(7-11(10)2)19-16(17)18-8-15-20-14(9-21-15)12-4-5-12;/h3,6-7,9,12H,4-5,8H2,1-2H3,(H3,17,18,19);1H. The third-order valence-electron chi connectivity index (χ3n) is 3.73. The van der Waals surface area contributed by atoms with Crippen LogP contribution < -0.4 is 11.1 Å². The van der Waals surface area contributed by atoms with Gasteiger partial charge in [0.2, 0.25) is 0 Å². The molecule has 1 saturated carbocycles. The highest BCUT2D eigenvalue weighted by molar-refractivity contribution is 14.0. The van der Waals surface area contributed by atoms with Crippen LogP contribution in [0.4, 0.5) is 5.69 Å². The van der Waals surface area contributed by atoms with E-state index in [2.05, 4.69) is 46.7 Å².